The number of rotatable bonds is 4. The number of pyridine rings is 1. The first-order valence-corrected chi connectivity index (χ1v) is 12.6. The molecule has 198 valence electrons. The van der Waals surface area contributed by atoms with Crippen LogP contribution in [0.2, 0.25) is 0 Å². The monoisotopic (exact) mass is 589 g/mol. The fourth-order valence-corrected chi connectivity index (χ4v) is 5.29. The van der Waals surface area contributed by atoms with Gasteiger partial charge in [-0.25, -0.2) is 15.0 Å². The number of aryl methyl sites for hydroxylation is 1. The van der Waals surface area contributed by atoms with Crippen LogP contribution in [0.25, 0.3) is 21.9 Å². The fraction of sp³-hybridized carbons (Fsp3) is 0.320. The third-order valence-corrected chi connectivity index (χ3v) is 7.30. The second-order valence-electron chi connectivity index (χ2n) is 9.31. The molecule has 4 aromatic rings. The van der Waals surface area contributed by atoms with Crippen molar-refractivity contribution in [3.63, 3.8) is 0 Å². The molecule has 1 fully saturated rings. The predicted octanol–water partition coefficient (Wildman–Crippen LogP) is 4.67. The van der Waals surface area contributed by atoms with Crippen LogP contribution in [-0.2, 0) is 22.3 Å². The number of alkyl halides is 3. The molecule has 0 aliphatic carbocycles. The van der Waals surface area contributed by atoms with Gasteiger partial charge in [0.1, 0.15) is 40.8 Å². The lowest BCUT2D eigenvalue weighted by Gasteiger charge is -2.28. The lowest BCUT2D eigenvalue weighted by Crippen LogP contribution is -2.47. The summed E-state index contributed by atoms with van der Waals surface area (Å²) in [5.74, 6) is -0.328. The first kappa shape index (κ1) is 25.9. The summed E-state index contributed by atoms with van der Waals surface area (Å²) in [7, 11) is 0. The number of halogens is 4. The van der Waals surface area contributed by atoms with Crippen molar-refractivity contribution in [2.24, 2.45) is 0 Å². The van der Waals surface area contributed by atoms with E-state index < -0.39 is 17.8 Å². The maximum atomic E-state index is 13.7. The normalized spacial score (nSPS) is 17.9. The zero-order valence-corrected chi connectivity index (χ0v) is 22.0. The first-order chi connectivity index (χ1) is 18.0. The number of benzene rings is 1. The standard InChI is InChI=1S/C25H23BrF3N7O2/c1-12-3-8-18(26)33-22(12)34-24(38)17-6-4-13(2)36(17)19(37)10-35-16-7-5-14(25(27,28)29)9-15(16)20-21(30)31-11-32-23(20)35/h3,5,7-9,11,13,17H,4,6,10H2,1-2H3,(H2,30,31,32)(H,33,34,38)/t13-,17+/m1/s1. The zero-order valence-electron chi connectivity index (χ0n) is 20.4. The summed E-state index contributed by atoms with van der Waals surface area (Å²) in [4.78, 5) is 40.9. The van der Waals surface area contributed by atoms with Crippen LogP contribution in [0.3, 0.4) is 0 Å². The smallest absolute Gasteiger partial charge is 0.383 e. The van der Waals surface area contributed by atoms with Gasteiger partial charge in [0.2, 0.25) is 11.8 Å². The number of anilines is 2. The van der Waals surface area contributed by atoms with Gasteiger partial charge in [-0.05, 0) is 72.4 Å². The Bertz CT molecular complexity index is 1590. The van der Waals surface area contributed by atoms with Crippen molar-refractivity contribution in [1.29, 1.82) is 0 Å². The molecular weight excluding hydrogens is 567 g/mol. The lowest BCUT2D eigenvalue weighted by molar-refractivity contribution is -0.139. The van der Waals surface area contributed by atoms with E-state index in [-0.39, 0.29) is 46.6 Å². The van der Waals surface area contributed by atoms with E-state index in [9.17, 15) is 22.8 Å². The highest BCUT2D eigenvalue weighted by Gasteiger charge is 2.39. The van der Waals surface area contributed by atoms with Crippen molar-refractivity contribution in [3.8, 4) is 0 Å². The summed E-state index contributed by atoms with van der Waals surface area (Å²) < 4.78 is 42.4. The Morgan fingerprint density at radius 3 is 2.68 bits per heavy atom. The minimum Gasteiger partial charge on any atom is -0.383 e. The highest BCUT2D eigenvalue weighted by molar-refractivity contribution is 9.10. The molecule has 1 aliphatic heterocycles. The molecule has 1 aromatic carbocycles. The minimum atomic E-state index is -4.56. The van der Waals surface area contributed by atoms with Gasteiger partial charge >= 0.3 is 6.18 Å². The van der Waals surface area contributed by atoms with Crippen molar-refractivity contribution < 1.29 is 22.8 Å². The van der Waals surface area contributed by atoms with Crippen LogP contribution >= 0.6 is 15.9 Å². The quantitative estimate of drug-likeness (QED) is 0.334. The summed E-state index contributed by atoms with van der Waals surface area (Å²) in [6.07, 6.45) is -2.28. The van der Waals surface area contributed by atoms with Crippen LogP contribution in [0.15, 0.2) is 41.3 Å². The summed E-state index contributed by atoms with van der Waals surface area (Å²) >= 11 is 3.30. The number of nitrogens with one attached hydrogen (secondary N) is 1. The van der Waals surface area contributed by atoms with E-state index >= 15 is 0 Å². The topological polar surface area (TPSA) is 119 Å². The number of aromatic nitrogens is 4. The van der Waals surface area contributed by atoms with Crippen LogP contribution in [0.5, 0.6) is 0 Å². The molecule has 2 atom stereocenters. The Balaban J connectivity index is 1.49. The van der Waals surface area contributed by atoms with Gasteiger partial charge in [0.15, 0.2) is 0 Å². The van der Waals surface area contributed by atoms with Gasteiger partial charge in [-0.15, -0.1) is 0 Å². The third-order valence-electron chi connectivity index (χ3n) is 6.85. The predicted molar refractivity (Wildman–Crippen MR) is 139 cm³/mol. The van der Waals surface area contributed by atoms with E-state index in [1.807, 2.05) is 19.9 Å². The van der Waals surface area contributed by atoms with Gasteiger partial charge in [0.25, 0.3) is 0 Å². The van der Waals surface area contributed by atoms with Crippen LogP contribution < -0.4 is 11.1 Å². The van der Waals surface area contributed by atoms with Gasteiger partial charge in [-0.1, -0.05) is 6.07 Å². The molecule has 4 heterocycles. The van der Waals surface area contributed by atoms with E-state index in [2.05, 4.69) is 36.2 Å². The number of nitrogen functional groups attached to an aromatic ring is 1. The number of carbonyl (C=O) groups excluding carboxylic acids is 2. The van der Waals surface area contributed by atoms with E-state index in [1.54, 1.807) is 6.07 Å². The molecule has 2 amide bonds. The number of fused-ring (bicyclic) bond motifs is 3. The molecule has 38 heavy (non-hydrogen) atoms. The second-order valence-corrected chi connectivity index (χ2v) is 10.1. The van der Waals surface area contributed by atoms with Crippen molar-refractivity contribution >= 4 is 61.3 Å². The SMILES string of the molecule is Cc1ccc(Br)nc1NC(=O)[C@@H]1CC[C@@H](C)N1C(=O)Cn1c2ccc(C(F)(F)F)cc2c2c(N)ncnc21. The van der Waals surface area contributed by atoms with Crippen LogP contribution in [0.4, 0.5) is 24.8 Å². The van der Waals surface area contributed by atoms with E-state index in [0.29, 0.717) is 28.8 Å². The summed E-state index contributed by atoms with van der Waals surface area (Å²) in [5.41, 5.74) is 6.54. The third kappa shape index (κ3) is 4.55. The van der Waals surface area contributed by atoms with Crippen molar-refractivity contribution in [2.75, 3.05) is 11.1 Å². The van der Waals surface area contributed by atoms with Gasteiger partial charge in [-0.3, -0.25) is 9.59 Å². The largest absolute Gasteiger partial charge is 0.416 e. The summed E-state index contributed by atoms with van der Waals surface area (Å²) in [6.45, 7) is 3.43. The molecule has 3 N–H and O–H groups in total. The van der Waals surface area contributed by atoms with Crippen molar-refractivity contribution in [3.05, 3.63) is 52.4 Å². The van der Waals surface area contributed by atoms with Crippen LogP contribution in [0.1, 0.15) is 30.9 Å². The number of nitrogens with zero attached hydrogens (tertiary/aromatic N) is 5. The molecule has 3 aromatic heterocycles. The first-order valence-electron chi connectivity index (χ1n) is 11.8. The van der Waals surface area contributed by atoms with E-state index in [0.717, 1.165) is 17.7 Å². The number of hydrogen-bond acceptors (Lipinski definition) is 6. The van der Waals surface area contributed by atoms with Gasteiger partial charge < -0.3 is 20.5 Å². The molecule has 0 spiro atoms. The zero-order chi connectivity index (χ0) is 27.4. The molecule has 13 heteroatoms. The molecule has 5 rings (SSSR count). The number of likely N-dealkylation sites (tertiary alicyclic amines) is 1. The van der Waals surface area contributed by atoms with E-state index in [4.69, 9.17) is 5.73 Å². The molecule has 0 saturated carbocycles. The Kier molecular flexibility index (Phi) is 6.49. The van der Waals surface area contributed by atoms with Crippen LogP contribution in [-0.4, -0.2) is 48.3 Å². The minimum absolute atomic E-state index is 0.00853. The highest BCUT2D eigenvalue weighted by Crippen LogP contribution is 2.37. The molecule has 0 bridgehead atoms. The lowest BCUT2D eigenvalue weighted by atomic mass is 10.1. The maximum absolute atomic E-state index is 13.7. The maximum Gasteiger partial charge on any atom is 0.416 e. The molecule has 1 saturated heterocycles. The average Bonchev–Trinajstić information content (AvgIpc) is 3.39. The number of amides is 2. The molecule has 1 aliphatic rings. The molecule has 9 nitrogen and oxygen atoms in total. The van der Waals surface area contributed by atoms with Crippen molar-refractivity contribution in [2.45, 2.75) is 51.5 Å². The van der Waals surface area contributed by atoms with Crippen molar-refractivity contribution in [1.82, 2.24) is 24.4 Å². The molecular formula is C25H23BrF3N7O2. The number of carbonyl (C=O) groups is 2. The summed E-state index contributed by atoms with van der Waals surface area (Å²) in [6, 6.07) is 5.85. The Labute approximate surface area is 223 Å². The Hall–Kier alpha value is -3.74. The number of hydrogen-bond donors (Lipinski definition) is 2. The Morgan fingerprint density at radius 1 is 1.18 bits per heavy atom. The van der Waals surface area contributed by atoms with E-state index in [1.165, 1.54) is 21.9 Å². The molecule has 0 unspecified atom stereocenters. The summed E-state index contributed by atoms with van der Waals surface area (Å²) in [5, 5.41) is 3.25. The van der Waals surface area contributed by atoms with Gasteiger partial charge in [-0.2, -0.15) is 13.2 Å². The fourth-order valence-electron chi connectivity index (χ4n) is 4.98. The second kappa shape index (κ2) is 9.53. The average molecular weight is 590 g/mol. The van der Waals surface area contributed by atoms with Gasteiger partial charge in [0, 0.05) is 11.4 Å². The van der Waals surface area contributed by atoms with Gasteiger partial charge in [0.05, 0.1) is 16.5 Å². The Morgan fingerprint density at radius 2 is 1.95 bits per heavy atom. The number of nitrogens with two attached hydrogens (primary N) is 1. The highest BCUT2D eigenvalue weighted by atomic mass is 79.9. The molecule has 0 radical (unpaired) electrons. The van der Waals surface area contributed by atoms with Crippen LogP contribution in [0, 0.1) is 6.92 Å².